The minimum Gasteiger partial charge on any atom is -0.493 e. The van der Waals surface area contributed by atoms with Gasteiger partial charge in [0.2, 0.25) is 11.5 Å². The maximum absolute atomic E-state index is 13.2. The van der Waals surface area contributed by atoms with E-state index in [9.17, 15) is 14.9 Å². The van der Waals surface area contributed by atoms with Crippen LogP contribution < -0.4 is 19.1 Å². The van der Waals surface area contributed by atoms with Crippen LogP contribution in [0.3, 0.4) is 0 Å². The van der Waals surface area contributed by atoms with Crippen molar-refractivity contribution in [1.82, 2.24) is 9.88 Å². The van der Waals surface area contributed by atoms with Crippen molar-refractivity contribution in [3.63, 3.8) is 0 Å². The molecule has 1 aromatic carbocycles. The van der Waals surface area contributed by atoms with Crippen LogP contribution in [-0.2, 0) is 0 Å². The van der Waals surface area contributed by atoms with Crippen LogP contribution in [0, 0.1) is 10.1 Å². The van der Waals surface area contributed by atoms with E-state index < -0.39 is 16.5 Å². The molecule has 0 aliphatic carbocycles. The summed E-state index contributed by atoms with van der Waals surface area (Å²) in [7, 11) is 4.00. The van der Waals surface area contributed by atoms with E-state index in [-0.39, 0.29) is 22.8 Å². The first kappa shape index (κ1) is 21.4. The molecule has 1 aliphatic heterocycles. The number of rotatable bonds is 6. The third-order valence-corrected chi connectivity index (χ3v) is 5.04. The predicted octanol–water partition coefficient (Wildman–Crippen LogP) is 2.63. The largest absolute Gasteiger partial charge is 0.493 e. The Kier molecular flexibility index (Phi) is 6.46. The fraction of sp³-hybridized carbons (Fsp3) is 0.368. The monoisotopic (exact) mass is 436 g/mol. The lowest BCUT2D eigenvalue weighted by atomic mass is 10.1. The number of nitro benzene ring substituents is 1. The van der Waals surface area contributed by atoms with Crippen molar-refractivity contribution in [2.75, 3.05) is 52.4 Å². The van der Waals surface area contributed by atoms with Crippen LogP contribution in [0.25, 0.3) is 0 Å². The summed E-state index contributed by atoms with van der Waals surface area (Å²) < 4.78 is 15.6. The molecule has 2 heterocycles. The van der Waals surface area contributed by atoms with Crippen molar-refractivity contribution in [1.29, 1.82) is 0 Å². The van der Waals surface area contributed by atoms with Crippen LogP contribution in [0.2, 0.25) is 5.02 Å². The summed E-state index contributed by atoms with van der Waals surface area (Å²) in [6.07, 6.45) is 1.56. The van der Waals surface area contributed by atoms with Crippen molar-refractivity contribution < 1.29 is 23.9 Å². The lowest BCUT2D eigenvalue weighted by Gasteiger charge is -2.35. The van der Waals surface area contributed by atoms with E-state index in [1.54, 1.807) is 17.2 Å². The number of nitrogens with zero attached hydrogens (tertiary/aromatic N) is 4. The molecule has 3 rings (SSSR count). The van der Waals surface area contributed by atoms with Gasteiger partial charge in [0.05, 0.1) is 31.3 Å². The molecule has 30 heavy (non-hydrogen) atoms. The number of hydrogen-bond donors (Lipinski definition) is 0. The van der Waals surface area contributed by atoms with Crippen LogP contribution in [0.15, 0.2) is 24.4 Å². The Morgan fingerprint density at radius 1 is 1.10 bits per heavy atom. The van der Waals surface area contributed by atoms with Crippen LogP contribution >= 0.6 is 11.6 Å². The second-order valence-electron chi connectivity index (χ2n) is 6.41. The highest BCUT2D eigenvalue weighted by Crippen LogP contribution is 2.46. The Morgan fingerprint density at radius 3 is 2.27 bits per heavy atom. The van der Waals surface area contributed by atoms with Gasteiger partial charge in [0.15, 0.2) is 5.75 Å². The van der Waals surface area contributed by atoms with Crippen molar-refractivity contribution in [2.45, 2.75) is 0 Å². The van der Waals surface area contributed by atoms with Gasteiger partial charge in [-0.15, -0.1) is 0 Å². The molecule has 1 fully saturated rings. The fourth-order valence-corrected chi connectivity index (χ4v) is 3.46. The molecule has 0 N–H and O–H groups in total. The number of carbonyl (C=O) groups is 1. The zero-order chi connectivity index (χ0) is 21.8. The van der Waals surface area contributed by atoms with Gasteiger partial charge in [-0.05, 0) is 12.1 Å². The number of amides is 1. The molecular weight excluding hydrogens is 416 g/mol. The minimum atomic E-state index is -0.651. The standard InChI is InChI=1S/C19H21ClN4O6/c1-28-14-10-13(16(24(26)27)18(30-3)17(14)29-2)19(25)23-8-6-22(7-9-23)15-5-4-12(20)11-21-15/h4-5,10-11H,6-9H2,1-3H3. The van der Waals surface area contributed by atoms with Crippen molar-refractivity contribution in [3.8, 4) is 17.2 Å². The van der Waals surface area contributed by atoms with Crippen molar-refractivity contribution in [2.24, 2.45) is 0 Å². The molecule has 0 atom stereocenters. The zero-order valence-corrected chi connectivity index (χ0v) is 17.5. The predicted molar refractivity (Wildman–Crippen MR) is 110 cm³/mol. The molecule has 0 spiro atoms. The van der Waals surface area contributed by atoms with Crippen LogP contribution in [0.5, 0.6) is 17.2 Å². The highest BCUT2D eigenvalue weighted by molar-refractivity contribution is 6.30. The molecule has 1 saturated heterocycles. The van der Waals surface area contributed by atoms with Crippen LogP contribution in [-0.4, -0.2) is 68.2 Å². The maximum Gasteiger partial charge on any atom is 0.327 e. The summed E-state index contributed by atoms with van der Waals surface area (Å²) in [4.78, 5) is 32.1. The number of benzene rings is 1. The normalized spacial score (nSPS) is 13.7. The first-order chi connectivity index (χ1) is 14.4. The summed E-state index contributed by atoms with van der Waals surface area (Å²) in [6.45, 7) is 1.80. The zero-order valence-electron chi connectivity index (χ0n) is 16.8. The summed E-state index contributed by atoms with van der Waals surface area (Å²) in [5, 5.41) is 12.3. The van der Waals surface area contributed by atoms with Gasteiger partial charge in [0, 0.05) is 38.4 Å². The first-order valence-electron chi connectivity index (χ1n) is 9.04. The highest BCUT2D eigenvalue weighted by atomic mass is 35.5. The average molecular weight is 437 g/mol. The number of hydrogen-bond acceptors (Lipinski definition) is 8. The van der Waals surface area contributed by atoms with Gasteiger partial charge in [0.1, 0.15) is 11.4 Å². The molecule has 0 unspecified atom stereocenters. The molecule has 1 aliphatic rings. The summed E-state index contributed by atoms with van der Waals surface area (Å²) in [6, 6.07) is 4.87. The third-order valence-electron chi connectivity index (χ3n) is 4.82. The average Bonchev–Trinajstić information content (AvgIpc) is 2.77. The molecular formula is C19H21ClN4O6. The Bertz CT molecular complexity index is 945. The number of nitro groups is 1. The van der Waals surface area contributed by atoms with Gasteiger partial charge in [-0.1, -0.05) is 11.6 Å². The Balaban J connectivity index is 1.88. The Labute approximate surface area is 178 Å². The summed E-state index contributed by atoms with van der Waals surface area (Å²) in [5.74, 6) is 0.346. The van der Waals surface area contributed by atoms with E-state index in [1.807, 2.05) is 11.0 Å². The number of halogens is 1. The molecule has 10 nitrogen and oxygen atoms in total. The second kappa shape index (κ2) is 9.04. The molecule has 2 aromatic rings. The Hall–Kier alpha value is -3.27. The van der Waals surface area contributed by atoms with Gasteiger partial charge < -0.3 is 24.0 Å². The van der Waals surface area contributed by atoms with E-state index in [2.05, 4.69) is 4.98 Å². The lowest BCUT2D eigenvalue weighted by molar-refractivity contribution is -0.386. The summed E-state index contributed by atoms with van der Waals surface area (Å²) >= 11 is 5.88. The smallest absolute Gasteiger partial charge is 0.327 e. The topological polar surface area (TPSA) is 107 Å². The quantitative estimate of drug-likeness (QED) is 0.502. The molecule has 0 radical (unpaired) electrons. The molecule has 0 saturated carbocycles. The van der Waals surface area contributed by atoms with Gasteiger partial charge in [-0.25, -0.2) is 4.98 Å². The maximum atomic E-state index is 13.2. The highest BCUT2D eigenvalue weighted by Gasteiger charge is 2.35. The third kappa shape index (κ3) is 4.04. The van der Waals surface area contributed by atoms with Gasteiger partial charge in [-0.2, -0.15) is 0 Å². The van der Waals surface area contributed by atoms with Crippen LogP contribution in [0.1, 0.15) is 10.4 Å². The van der Waals surface area contributed by atoms with E-state index in [0.29, 0.717) is 31.2 Å². The molecule has 0 bridgehead atoms. The van der Waals surface area contributed by atoms with Crippen molar-refractivity contribution in [3.05, 3.63) is 45.1 Å². The second-order valence-corrected chi connectivity index (χ2v) is 6.85. The van der Waals surface area contributed by atoms with E-state index in [4.69, 9.17) is 25.8 Å². The molecule has 1 amide bonds. The SMILES string of the molecule is COc1cc(C(=O)N2CCN(c3ccc(Cl)cn3)CC2)c([N+](=O)[O-])c(OC)c1OC. The Morgan fingerprint density at radius 2 is 1.77 bits per heavy atom. The number of methoxy groups -OCH3 is 3. The molecule has 11 heteroatoms. The van der Waals surface area contributed by atoms with E-state index in [1.165, 1.54) is 27.4 Å². The van der Waals surface area contributed by atoms with E-state index in [0.717, 1.165) is 5.82 Å². The minimum absolute atomic E-state index is 0.0573. The van der Waals surface area contributed by atoms with Crippen LogP contribution in [0.4, 0.5) is 11.5 Å². The van der Waals surface area contributed by atoms with Gasteiger partial charge in [0.25, 0.3) is 5.91 Å². The molecule has 160 valence electrons. The number of ether oxygens (including phenoxy) is 3. The van der Waals surface area contributed by atoms with Gasteiger partial charge >= 0.3 is 5.69 Å². The molecule has 1 aromatic heterocycles. The number of piperazine rings is 1. The number of aromatic nitrogens is 1. The summed E-state index contributed by atoms with van der Waals surface area (Å²) in [5.41, 5.74) is -0.575. The fourth-order valence-electron chi connectivity index (χ4n) is 3.35. The number of carbonyl (C=O) groups excluding carboxylic acids is 1. The lowest BCUT2D eigenvalue weighted by Crippen LogP contribution is -2.49. The van der Waals surface area contributed by atoms with Crippen molar-refractivity contribution >= 4 is 29.0 Å². The number of pyridine rings is 1. The van der Waals surface area contributed by atoms with E-state index >= 15 is 0 Å². The number of anilines is 1. The first-order valence-corrected chi connectivity index (χ1v) is 9.42. The van der Waals surface area contributed by atoms with Gasteiger partial charge in [-0.3, -0.25) is 14.9 Å².